The van der Waals surface area contributed by atoms with Crippen molar-refractivity contribution in [1.82, 2.24) is 14.5 Å². The second-order valence-electron chi connectivity index (χ2n) is 6.10. The van der Waals surface area contributed by atoms with Crippen LogP contribution in [0, 0.1) is 0 Å². The Kier molecular flexibility index (Phi) is 4.08. The minimum atomic E-state index is -0.0707. The first-order valence-corrected chi connectivity index (χ1v) is 8.37. The Morgan fingerprint density at radius 1 is 1.04 bits per heavy atom. The molecule has 0 atom stereocenters. The molecule has 0 fully saturated rings. The number of benzene rings is 2. The number of hydrogen-bond donors (Lipinski definition) is 1. The third-order valence-corrected chi connectivity index (χ3v) is 4.58. The lowest BCUT2D eigenvalue weighted by Gasteiger charge is -2.06. The summed E-state index contributed by atoms with van der Waals surface area (Å²) in [5, 5.41) is 0.888. The van der Waals surface area contributed by atoms with Crippen molar-refractivity contribution in [1.29, 1.82) is 0 Å². The lowest BCUT2D eigenvalue weighted by Crippen LogP contribution is -2.21. The van der Waals surface area contributed by atoms with Crippen molar-refractivity contribution in [3.8, 4) is 11.5 Å². The number of aryl methyl sites for hydroxylation is 2. The molecule has 0 aliphatic rings. The van der Waals surface area contributed by atoms with Crippen LogP contribution >= 0.6 is 0 Å². The van der Waals surface area contributed by atoms with Crippen molar-refractivity contribution < 1.29 is 9.47 Å². The van der Waals surface area contributed by atoms with Crippen LogP contribution in [0.1, 0.15) is 5.56 Å². The quantitative estimate of drug-likeness (QED) is 0.601. The molecule has 6 heteroatoms. The Balaban J connectivity index is 1.66. The zero-order valence-corrected chi connectivity index (χ0v) is 14.7. The number of nitrogens with one attached hydrogen (secondary N) is 1. The molecule has 0 aliphatic heterocycles. The van der Waals surface area contributed by atoms with E-state index in [1.54, 1.807) is 25.1 Å². The van der Waals surface area contributed by atoms with Crippen molar-refractivity contribution in [3.63, 3.8) is 0 Å². The molecule has 2 heterocycles. The number of ether oxygens (including phenoxy) is 2. The molecule has 0 saturated carbocycles. The van der Waals surface area contributed by atoms with E-state index in [9.17, 15) is 4.79 Å². The number of aromatic amines is 1. The van der Waals surface area contributed by atoms with Crippen molar-refractivity contribution in [2.24, 2.45) is 0 Å². The van der Waals surface area contributed by atoms with E-state index < -0.39 is 0 Å². The summed E-state index contributed by atoms with van der Waals surface area (Å²) in [4.78, 5) is 20.5. The molecular weight excluding hydrogens is 330 g/mol. The Bertz CT molecular complexity index is 1130. The zero-order chi connectivity index (χ0) is 18.1. The fourth-order valence-electron chi connectivity index (χ4n) is 3.10. The van der Waals surface area contributed by atoms with Gasteiger partial charge in [-0.2, -0.15) is 0 Å². The molecule has 0 aliphatic carbocycles. The number of methoxy groups -OCH3 is 2. The first-order valence-electron chi connectivity index (χ1n) is 8.37. The van der Waals surface area contributed by atoms with E-state index in [0.717, 1.165) is 34.4 Å². The SMILES string of the molecule is COc1ccc(CCn2cnc3c([nH]c4ccc(OC)cc43)c2=O)cc1. The van der Waals surface area contributed by atoms with Gasteiger partial charge in [0.1, 0.15) is 22.5 Å². The molecule has 0 bridgehead atoms. The van der Waals surface area contributed by atoms with E-state index in [0.29, 0.717) is 17.6 Å². The van der Waals surface area contributed by atoms with E-state index in [4.69, 9.17) is 9.47 Å². The van der Waals surface area contributed by atoms with E-state index in [1.165, 1.54) is 0 Å². The molecule has 0 saturated heterocycles. The van der Waals surface area contributed by atoms with Gasteiger partial charge in [-0.15, -0.1) is 0 Å². The van der Waals surface area contributed by atoms with E-state index in [1.807, 2.05) is 42.5 Å². The van der Waals surface area contributed by atoms with Crippen LogP contribution in [0.2, 0.25) is 0 Å². The van der Waals surface area contributed by atoms with Gasteiger partial charge in [-0.1, -0.05) is 12.1 Å². The molecule has 2 aromatic carbocycles. The molecule has 1 N–H and O–H groups in total. The zero-order valence-electron chi connectivity index (χ0n) is 14.7. The van der Waals surface area contributed by atoms with Gasteiger partial charge in [0.15, 0.2) is 0 Å². The monoisotopic (exact) mass is 349 g/mol. The molecule has 0 amide bonds. The Labute approximate surface area is 150 Å². The van der Waals surface area contributed by atoms with Gasteiger partial charge in [-0.25, -0.2) is 4.98 Å². The van der Waals surface area contributed by atoms with Gasteiger partial charge < -0.3 is 14.5 Å². The van der Waals surface area contributed by atoms with Gasteiger partial charge in [0.25, 0.3) is 5.56 Å². The highest BCUT2D eigenvalue weighted by molar-refractivity contribution is 6.04. The number of aromatic nitrogens is 3. The highest BCUT2D eigenvalue weighted by Gasteiger charge is 2.11. The summed E-state index contributed by atoms with van der Waals surface area (Å²) in [6, 6.07) is 13.5. The molecule has 132 valence electrons. The predicted molar refractivity (Wildman–Crippen MR) is 101 cm³/mol. The molecule has 4 rings (SSSR count). The first-order chi connectivity index (χ1) is 12.7. The van der Waals surface area contributed by atoms with Crippen LogP contribution in [-0.2, 0) is 13.0 Å². The maximum Gasteiger partial charge on any atom is 0.277 e. The minimum absolute atomic E-state index is 0.0707. The summed E-state index contributed by atoms with van der Waals surface area (Å²) in [7, 11) is 3.26. The van der Waals surface area contributed by atoms with Gasteiger partial charge in [0.05, 0.1) is 20.5 Å². The summed E-state index contributed by atoms with van der Waals surface area (Å²) in [5.41, 5.74) is 3.13. The smallest absolute Gasteiger partial charge is 0.277 e. The van der Waals surface area contributed by atoms with E-state index in [2.05, 4.69) is 9.97 Å². The molecular formula is C20H19N3O3. The lowest BCUT2D eigenvalue weighted by atomic mass is 10.1. The highest BCUT2D eigenvalue weighted by atomic mass is 16.5. The fourth-order valence-corrected chi connectivity index (χ4v) is 3.10. The molecule has 0 unspecified atom stereocenters. The summed E-state index contributed by atoms with van der Waals surface area (Å²) < 4.78 is 12.1. The number of fused-ring (bicyclic) bond motifs is 3. The van der Waals surface area contributed by atoms with E-state index >= 15 is 0 Å². The van der Waals surface area contributed by atoms with Crippen LogP contribution in [0.25, 0.3) is 21.9 Å². The third kappa shape index (κ3) is 2.79. The minimum Gasteiger partial charge on any atom is -0.497 e. The summed E-state index contributed by atoms with van der Waals surface area (Å²) >= 11 is 0. The van der Waals surface area contributed by atoms with Gasteiger partial charge in [-0.05, 0) is 42.3 Å². The van der Waals surface area contributed by atoms with Gasteiger partial charge >= 0.3 is 0 Å². The van der Waals surface area contributed by atoms with Crippen LogP contribution in [-0.4, -0.2) is 28.8 Å². The molecule has 4 aromatic rings. The van der Waals surface area contributed by atoms with Crippen molar-refractivity contribution in [2.45, 2.75) is 13.0 Å². The molecule has 2 aromatic heterocycles. The maximum absolute atomic E-state index is 12.8. The number of hydrogen-bond acceptors (Lipinski definition) is 4. The summed E-state index contributed by atoms with van der Waals surface area (Å²) in [5.74, 6) is 1.56. The highest BCUT2D eigenvalue weighted by Crippen LogP contribution is 2.25. The molecule has 6 nitrogen and oxygen atoms in total. The Hall–Kier alpha value is -3.28. The standard InChI is InChI=1S/C20H19N3O3/c1-25-14-5-3-13(4-6-14)9-10-23-12-21-18-16-11-15(26-2)7-8-17(16)22-19(18)20(23)24/h3-8,11-12,22H,9-10H2,1-2H3. The predicted octanol–water partition coefficient (Wildman–Crippen LogP) is 3.14. The average molecular weight is 349 g/mol. The third-order valence-electron chi connectivity index (χ3n) is 4.58. The average Bonchev–Trinajstić information content (AvgIpc) is 3.06. The first kappa shape index (κ1) is 16.2. The largest absolute Gasteiger partial charge is 0.497 e. The van der Waals surface area contributed by atoms with Crippen LogP contribution < -0.4 is 15.0 Å². The van der Waals surface area contributed by atoms with Gasteiger partial charge in [-0.3, -0.25) is 9.36 Å². The lowest BCUT2D eigenvalue weighted by molar-refractivity contribution is 0.414. The van der Waals surface area contributed by atoms with Crippen LogP contribution in [0.3, 0.4) is 0 Å². The second-order valence-corrected chi connectivity index (χ2v) is 6.10. The van der Waals surface area contributed by atoms with Gasteiger partial charge in [0.2, 0.25) is 0 Å². The van der Waals surface area contributed by atoms with Crippen molar-refractivity contribution >= 4 is 21.9 Å². The van der Waals surface area contributed by atoms with Gasteiger partial charge in [0, 0.05) is 17.4 Å². The van der Waals surface area contributed by atoms with Crippen molar-refractivity contribution in [2.75, 3.05) is 14.2 Å². The number of nitrogens with zero attached hydrogens (tertiary/aromatic N) is 2. The maximum atomic E-state index is 12.8. The van der Waals surface area contributed by atoms with Crippen LogP contribution in [0.15, 0.2) is 53.6 Å². The van der Waals surface area contributed by atoms with E-state index in [-0.39, 0.29) is 5.56 Å². The number of rotatable bonds is 5. The number of H-pyrrole nitrogens is 1. The normalized spacial score (nSPS) is 11.2. The molecule has 0 radical (unpaired) electrons. The topological polar surface area (TPSA) is 69.1 Å². The summed E-state index contributed by atoms with van der Waals surface area (Å²) in [6.45, 7) is 0.562. The fraction of sp³-hybridized carbons (Fsp3) is 0.200. The second kappa shape index (κ2) is 6.55. The van der Waals surface area contributed by atoms with Crippen molar-refractivity contribution in [3.05, 3.63) is 64.7 Å². The Morgan fingerprint density at radius 3 is 2.50 bits per heavy atom. The van der Waals surface area contributed by atoms with Crippen LogP contribution in [0.5, 0.6) is 11.5 Å². The molecule has 26 heavy (non-hydrogen) atoms. The summed E-state index contributed by atoms with van der Waals surface area (Å²) in [6.07, 6.45) is 2.35. The Morgan fingerprint density at radius 2 is 1.77 bits per heavy atom. The molecule has 0 spiro atoms. The van der Waals surface area contributed by atoms with Crippen LogP contribution in [0.4, 0.5) is 0 Å².